The number of aliphatic carboxylic acids is 1. The molecule has 1 aromatic rings. The maximum absolute atomic E-state index is 12.2. The molecule has 19 heavy (non-hydrogen) atoms. The summed E-state index contributed by atoms with van der Waals surface area (Å²) in [5.74, 6) is -0.971. The van der Waals surface area contributed by atoms with Crippen LogP contribution in [0.3, 0.4) is 0 Å². The number of hydrogen-bond donors (Lipinski definition) is 1. The monoisotopic (exact) mass is 262 g/mol. The van der Waals surface area contributed by atoms with Crippen molar-refractivity contribution in [1.82, 2.24) is 4.90 Å². The Morgan fingerprint density at radius 2 is 1.84 bits per heavy atom. The van der Waals surface area contributed by atoms with Crippen LogP contribution in [0, 0.1) is 0 Å². The highest BCUT2D eigenvalue weighted by atomic mass is 16.4. The van der Waals surface area contributed by atoms with Gasteiger partial charge >= 0.3 is 5.97 Å². The van der Waals surface area contributed by atoms with Gasteiger partial charge in [0, 0.05) is 18.8 Å². The third-order valence-corrected chi connectivity index (χ3v) is 3.26. The van der Waals surface area contributed by atoms with Gasteiger partial charge in [-0.25, -0.2) is 0 Å². The molecule has 0 atom stereocenters. The Labute approximate surface area is 112 Å². The van der Waals surface area contributed by atoms with E-state index in [-0.39, 0.29) is 25.0 Å². The van der Waals surface area contributed by atoms with Crippen LogP contribution in [0.1, 0.15) is 12.8 Å². The minimum absolute atomic E-state index is 0.0704. The van der Waals surface area contributed by atoms with Crippen molar-refractivity contribution in [1.29, 1.82) is 0 Å². The first-order valence-electron chi connectivity index (χ1n) is 6.35. The van der Waals surface area contributed by atoms with Gasteiger partial charge in [0.1, 0.15) is 0 Å². The van der Waals surface area contributed by atoms with Crippen LogP contribution in [0.2, 0.25) is 0 Å². The quantitative estimate of drug-likeness (QED) is 0.836. The summed E-state index contributed by atoms with van der Waals surface area (Å²) in [6, 6.07) is 9.60. The van der Waals surface area contributed by atoms with Crippen LogP contribution in [0.15, 0.2) is 30.3 Å². The summed E-state index contributed by atoms with van der Waals surface area (Å²) in [6.07, 6.45) is 1.96. The third-order valence-electron chi connectivity index (χ3n) is 3.26. The largest absolute Gasteiger partial charge is 0.480 e. The van der Waals surface area contributed by atoms with E-state index >= 15 is 0 Å². The van der Waals surface area contributed by atoms with Crippen LogP contribution >= 0.6 is 0 Å². The van der Waals surface area contributed by atoms with Gasteiger partial charge in [0.05, 0.1) is 13.1 Å². The number of likely N-dealkylation sites (N-methyl/N-ethyl adjacent to an activating group) is 1. The molecule has 1 aliphatic rings. The van der Waals surface area contributed by atoms with Crippen LogP contribution in [-0.4, -0.2) is 48.1 Å². The van der Waals surface area contributed by atoms with E-state index in [0.29, 0.717) is 0 Å². The molecule has 0 spiro atoms. The number of benzene rings is 1. The zero-order valence-electron chi connectivity index (χ0n) is 11.0. The van der Waals surface area contributed by atoms with E-state index in [1.807, 2.05) is 30.3 Å². The molecule has 2 rings (SSSR count). The summed E-state index contributed by atoms with van der Waals surface area (Å²) in [6.45, 7) is 0.0847. The Kier molecular flexibility index (Phi) is 4.16. The average molecular weight is 262 g/mol. The first-order valence-corrected chi connectivity index (χ1v) is 6.35. The minimum atomic E-state index is -0.887. The molecule has 1 saturated carbocycles. The minimum Gasteiger partial charge on any atom is -0.480 e. The molecule has 1 aliphatic carbocycles. The number of carboxylic acids is 1. The number of carbonyl (C=O) groups is 2. The first-order chi connectivity index (χ1) is 9.08. The van der Waals surface area contributed by atoms with E-state index in [2.05, 4.69) is 0 Å². The van der Waals surface area contributed by atoms with Crippen LogP contribution in [0.25, 0.3) is 0 Å². The van der Waals surface area contributed by atoms with Crippen molar-refractivity contribution in [3.8, 4) is 0 Å². The summed E-state index contributed by atoms with van der Waals surface area (Å²) in [7, 11) is 1.71. The smallest absolute Gasteiger partial charge is 0.317 e. The Morgan fingerprint density at radius 3 is 2.37 bits per heavy atom. The zero-order valence-corrected chi connectivity index (χ0v) is 11.0. The lowest BCUT2D eigenvalue weighted by Crippen LogP contribution is -2.41. The fraction of sp³-hybridized carbons (Fsp3) is 0.429. The molecule has 102 valence electrons. The fourth-order valence-electron chi connectivity index (χ4n) is 2.00. The van der Waals surface area contributed by atoms with Gasteiger partial charge < -0.3 is 10.0 Å². The molecule has 1 fully saturated rings. The van der Waals surface area contributed by atoms with Crippen molar-refractivity contribution in [3.63, 3.8) is 0 Å². The second-order valence-corrected chi connectivity index (χ2v) is 4.82. The van der Waals surface area contributed by atoms with E-state index in [0.717, 1.165) is 18.5 Å². The third kappa shape index (κ3) is 3.79. The predicted molar refractivity (Wildman–Crippen MR) is 72.1 cm³/mol. The maximum Gasteiger partial charge on any atom is 0.317 e. The van der Waals surface area contributed by atoms with Crippen molar-refractivity contribution in [2.75, 3.05) is 25.0 Å². The summed E-state index contributed by atoms with van der Waals surface area (Å²) >= 11 is 0. The molecule has 1 amide bonds. The lowest BCUT2D eigenvalue weighted by atomic mass is 10.3. The molecule has 0 bridgehead atoms. The molecule has 0 heterocycles. The molecule has 0 radical (unpaired) electrons. The molecule has 0 aliphatic heterocycles. The second kappa shape index (κ2) is 5.84. The molecule has 5 heteroatoms. The van der Waals surface area contributed by atoms with E-state index in [9.17, 15) is 9.59 Å². The van der Waals surface area contributed by atoms with Crippen LogP contribution < -0.4 is 4.90 Å². The first kappa shape index (κ1) is 13.5. The van der Waals surface area contributed by atoms with Crippen molar-refractivity contribution >= 4 is 17.6 Å². The van der Waals surface area contributed by atoms with Gasteiger partial charge in [-0.05, 0) is 25.0 Å². The van der Waals surface area contributed by atoms with E-state index in [4.69, 9.17) is 5.11 Å². The summed E-state index contributed by atoms with van der Waals surface area (Å²) < 4.78 is 0. The molecule has 1 N–H and O–H groups in total. The van der Waals surface area contributed by atoms with Gasteiger partial charge in [-0.15, -0.1) is 0 Å². The highest BCUT2D eigenvalue weighted by Crippen LogP contribution is 2.26. The fourth-order valence-corrected chi connectivity index (χ4v) is 2.00. The average Bonchev–Trinajstić information content (AvgIpc) is 3.21. The highest BCUT2D eigenvalue weighted by molar-refractivity contribution is 5.94. The molecule has 1 aromatic carbocycles. The molecular weight excluding hydrogens is 244 g/mol. The number of rotatable bonds is 6. The number of carbonyl (C=O) groups excluding carboxylic acids is 1. The van der Waals surface area contributed by atoms with Crippen LogP contribution in [-0.2, 0) is 9.59 Å². The summed E-state index contributed by atoms with van der Waals surface area (Å²) in [5.41, 5.74) is 0.818. The number of para-hydroxylation sites is 1. The number of carboxylic acid groups (broad SMARTS) is 1. The molecule has 0 unspecified atom stereocenters. The Bertz CT molecular complexity index is 457. The van der Waals surface area contributed by atoms with Gasteiger partial charge in [0.25, 0.3) is 0 Å². The second-order valence-electron chi connectivity index (χ2n) is 4.82. The number of hydrogen-bond acceptors (Lipinski definition) is 3. The molecular formula is C14H18N2O3. The van der Waals surface area contributed by atoms with E-state index < -0.39 is 5.97 Å². The van der Waals surface area contributed by atoms with Crippen LogP contribution in [0.5, 0.6) is 0 Å². The molecule has 0 aromatic heterocycles. The van der Waals surface area contributed by atoms with Crippen molar-refractivity contribution in [2.45, 2.75) is 18.9 Å². The number of anilines is 1. The van der Waals surface area contributed by atoms with Crippen molar-refractivity contribution in [3.05, 3.63) is 30.3 Å². The topological polar surface area (TPSA) is 60.9 Å². The van der Waals surface area contributed by atoms with Gasteiger partial charge in [0.2, 0.25) is 5.91 Å². The van der Waals surface area contributed by atoms with Gasteiger partial charge in [-0.1, -0.05) is 18.2 Å². The lowest BCUT2D eigenvalue weighted by molar-refractivity contribution is -0.138. The van der Waals surface area contributed by atoms with Crippen LogP contribution in [0.4, 0.5) is 5.69 Å². The molecule has 0 saturated heterocycles. The standard InChI is InChI=1S/C14H18N2O3/c1-15(11-5-3-2-4-6-11)13(17)9-16(10-14(18)19)12-7-8-12/h2-6,12H,7-10H2,1H3,(H,18,19). The van der Waals surface area contributed by atoms with Gasteiger partial charge in [0.15, 0.2) is 0 Å². The Hall–Kier alpha value is -1.88. The van der Waals surface area contributed by atoms with E-state index in [1.165, 1.54) is 0 Å². The van der Waals surface area contributed by atoms with E-state index in [1.54, 1.807) is 16.8 Å². The lowest BCUT2D eigenvalue weighted by Gasteiger charge is -2.23. The Balaban J connectivity index is 1.97. The zero-order chi connectivity index (χ0) is 13.8. The highest BCUT2D eigenvalue weighted by Gasteiger charge is 2.32. The predicted octanol–water partition coefficient (Wildman–Crippen LogP) is 1.20. The summed E-state index contributed by atoms with van der Waals surface area (Å²) in [5, 5.41) is 8.86. The Morgan fingerprint density at radius 1 is 1.21 bits per heavy atom. The number of nitrogens with zero attached hydrogens (tertiary/aromatic N) is 2. The summed E-state index contributed by atoms with van der Waals surface area (Å²) in [4.78, 5) is 26.3. The van der Waals surface area contributed by atoms with Gasteiger partial charge in [-0.3, -0.25) is 14.5 Å². The molecule has 5 nitrogen and oxygen atoms in total. The SMILES string of the molecule is CN(C(=O)CN(CC(=O)O)C1CC1)c1ccccc1. The van der Waals surface area contributed by atoms with Gasteiger partial charge in [-0.2, -0.15) is 0 Å². The van der Waals surface area contributed by atoms with Crippen molar-refractivity contribution < 1.29 is 14.7 Å². The number of amides is 1. The maximum atomic E-state index is 12.2. The van der Waals surface area contributed by atoms with Crippen molar-refractivity contribution in [2.24, 2.45) is 0 Å². The normalized spacial score (nSPS) is 14.4.